The van der Waals surface area contributed by atoms with Crippen molar-refractivity contribution in [3.63, 3.8) is 0 Å². The van der Waals surface area contributed by atoms with Crippen LogP contribution in [0.3, 0.4) is 0 Å². The molecule has 2 aromatic carbocycles. The summed E-state index contributed by atoms with van der Waals surface area (Å²) >= 11 is 0. The van der Waals surface area contributed by atoms with E-state index in [1.54, 1.807) is 51.2 Å². The molecular weight excluding hydrogens is 1000 g/mol. The Morgan fingerprint density at radius 2 is 1.41 bits per heavy atom. The Labute approximate surface area is 438 Å². The summed E-state index contributed by atoms with van der Waals surface area (Å²) in [5.74, 6) is 2.53. The summed E-state index contributed by atoms with van der Waals surface area (Å²) in [4.78, 5) is 70.5. The molecule has 6 rings (SSSR count). The van der Waals surface area contributed by atoms with E-state index < -0.39 is 95.5 Å². The number of piperazine rings is 1. The standard InChI is InChI=1S/C53H65F5N10O8/c1-31-26-68(32(2)25-67(31)37-29-76-30-37)43-18-17-35(24-61-43)16-13-33-11-14-34(15-12-33)21-41(62-47(70)45(64-50(73)75-9)52(6,7)53(56,57)58)42(69)28-66(65-48(71)44(51(3,4)5)63-49(72)74-8)27-38-39(54)22-36(23-40(38)55)46-59-19-10-20-60-46/h10-12,14-15,17-20,22-24,31-32,37,41-42,44-45,69H,21,25-30H2,1-9H3,(H,62,70)(H,63,72)(H,64,73)(H,65,71)/t31-,32-,41+,42+,44-,45-/m1/s1. The van der Waals surface area contributed by atoms with Gasteiger partial charge in [-0.05, 0) is 87.6 Å². The fourth-order valence-corrected chi connectivity index (χ4v) is 8.71. The number of hydrazine groups is 1. The zero-order valence-electron chi connectivity index (χ0n) is 43.8. The first-order valence-electron chi connectivity index (χ1n) is 24.5. The lowest BCUT2D eigenvalue weighted by Gasteiger charge is -2.49. The largest absolute Gasteiger partial charge is 0.453 e. The normalized spacial score (nSPS) is 18.0. The van der Waals surface area contributed by atoms with Gasteiger partial charge in [-0.25, -0.2) is 38.3 Å². The lowest BCUT2D eigenvalue weighted by atomic mass is 9.82. The van der Waals surface area contributed by atoms with Crippen molar-refractivity contribution >= 4 is 29.8 Å². The quantitative estimate of drug-likeness (QED) is 0.0501. The second-order valence-corrected chi connectivity index (χ2v) is 20.5. The topological polar surface area (TPSA) is 213 Å². The molecule has 2 aromatic heterocycles. The number of nitrogens with zero attached hydrogens (tertiary/aromatic N) is 6. The Morgan fingerprint density at radius 3 is 1.95 bits per heavy atom. The van der Waals surface area contributed by atoms with E-state index in [4.69, 9.17) is 14.5 Å². The number of anilines is 1. The van der Waals surface area contributed by atoms with Crippen LogP contribution in [-0.2, 0) is 36.8 Å². The number of amides is 4. The van der Waals surface area contributed by atoms with Gasteiger partial charge in [0.25, 0.3) is 5.91 Å². The number of nitrogens with one attached hydrogen (secondary N) is 4. The lowest BCUT2D eigenvalue weighted by molar-refractivity contribution is -0.220. The van der Waals surface area contributed by atoms with E-state index >= 15 is 8.78 Å². The first kappa shape index (κ1) is 58.3. The van der Waals surface area contributed by atoms with Crippen LogP contribution in [0, 0.1) is 34.3 Å². The molecule has 0 bridgehead atoms. The first-order valence-corrected chi connectivity index (χ1v) is 24.5. The Hall–Kier alpha value is -7.00. The predicted octanol–water partition coefficient (Wildman–Crippen LogP) is 5.52. The number of benzene rings is 2. The van der Waals surface area contributed by atoms with Gasteiger partial charge in [0.1, 0.15) is 29.5 Å². The van der Waals surface area contributed by atoms with Gasteiger partial charge < -0.3 is 40.2 Å². The average Bonchev–Trinajstić information content (AvgIpc) is 3.35. The van der Waals surface area contributed by atoms with E-state index in [0.29, 0.717) is 42.6 Å². The summed E-state index contributed by atoms with van der Waals surface area (Å²) in [6, 6.07) is 9.61. The predicted molar refractivity (Wildman–Crippen MR) is 270 cm³/mol. The molecule has 4 aromatic rings. The number of hydrogen-bond acceptors (Lipinski definition) is 14. The number of ether oxygens (including phenoxy) is 3. The van der Waals surface area contributed by atoms with E-state index in [0.717, 1.165) is 63.5 Å². The summed E-state index contributed by atoms with van der Waals surface area (Å²) in [7, 11) is 1.98. The molecule has 5 N–H and O–H groups in total. The number of aliphatic hydroxyl groups is 1. The SMILES string of the molecule is COC(=O)N[C@H](C(=O)NN(Cc1c(F)cc(-c2ncccn2)cc1F)C[C@H](O)[C@H](Cc1ccc(C#Cc2ccc(N3C[C@@H](C)N(C4COC4)C[C@H]3C)nc2)cc1)NC(=O)[C@@H](NC(=O)OC)C(C)(C)C(F)(F)F)C(C)(C)C. The molecule has 2 aliphatic heterocycles. The number of alkyl carbamates (subject to hydrolysis) is 2. The molecule has 4 heterocycles. The number of alkyl halides is 3. The van der Waals surface area contributed by atoms with Crippen LogP contribution >= 0.6 is 0 Å². The minimum Gasteiger partial charge on any atom is -0.453 e. The van der Waals surface area contributed by atoms with E-state index in [2.05, 4.69) is 66.3 Å². The summed E-state index contributed by atoms with van der Waals surface area (Å²) in [5.41, 5.74) is -0.375. The number of carbonyl (C=O) groups excluding carboxylic acids is 4. The third-order valence-corrected chi connectivity index (χ3v) is 13.4. The van der Waals surface area contributed by atoms with Crippen LogP contribution in [0.15, 0.2) is 73.2 Å². The third kappa shape index (κ3) is 14.7. The maximum Gasteiger partial charge on any atom is 0.407 e. The molecule has 2 saturated heterocycles. The lowest BCUT2D eigenvalue weighted by Crippen LogP contribution is -2.63. The number of pyridine rings is 1. The van der Waals surface area contributed by atoms with Gasteiger partial charge in [0.05, 0.1) is 51.0 Å². The molecule has 410 valence electrons. The molecule has 4 amide bonds. The van der Waals surface area contributed by atoms with Gasteiger partial charge in [0.2, 0.25) is 5.91 Å². The summed E-state index contributed by atoms with van der Waals surface area (Å²) in [6.07, 6.45) is -5.09. The van der Waals surface area contributed by atoms with Gasteiger partial charge >= 0.3 is 18.4 Å². The van der Waals surface area contributed by atoms with E-state index in [1.807, 2.05) is 17.4 Å². The Bertz CT molecular complexity index is 2690. The number of aromatic nitrogens is 3. The maximum absolute atomic E-state index is 16.0. The molecule has 6 atom stereocenters. The fourth-order valence-electron chi connectivity index (χ4n) is 8.71. The third-order valence-electron chi connectivity index (χ3n) is 13.4. The highest BCUT2D eigenvalue weighted by molar-refractivity contribution is 5.87. The van der Waals surface area contributed by atoms with Crippen molar-refractivity contribution in [2.45, 2.75) is 110 Å². The Kier molecular flexibility index (Phi) is 19.0. The minimum absolute atomic E-state index is 0.00828. The van der Waals surface area contributed by atoms with Gasteiger partial charge in [-0.1, -0.05) is 44.7 Å². The maximum atomic E-state index is 16.0. The van der Waals surface area contributed by atoms with E-state index in [-0.39, 0.29) is 23.9 Å². The molecule has 18 nitrogen and oxygen atoms in total. The molecule has 76 heavy (non-hydrogen) atoms. The first-order chi connectivity index (χ1) is 35.8. The Balaban J connectivity index is 1.29. The van der Waals surface area contributed by atoms with Gasteiger partial charge in [0, 0.05) is 79.1 Å². The average molecular weight is 1070 g/mol. The van der Waals surface area contributed by atoms with Crippen molar-refractivity contribution in [3.05, 3.63) is 107 Å². The molecule has 2 aliphatic rings. The number of halogens is 5. The number of hydrogen-bond donors (Lipinski definition) is 5. The number of carbonyl (C=O) groups is 4. The highest BCUT2D eigenvalue weighted by Crippen LogP contribution is 2.41. The van der Waals surface area contributed by atoms with Crippen LogP contribution in [0.25, 0.3) is 11.4 Å². The second kappa shape index (κ2) is 24.8. The summed E-state index contributed by atoms with van der Waals surface area (Å²) in [6.45, 7) is 12.3. The molecule has 2 fully saturated rings. The number of aliphatic hydroxyl groups excluding tert-OH is 1. The molecular formula is C53H65F5N10O8. The van der Waals surface area contributed by atoms with Crippen LogP contribution < -0.4 is 26.3 Å². The van der Waals surface area contributed by atoms with Gasteiger partial charge in [-0.15, -0.1) is 0 Å². The Morgan fingerprint density at radius 1 is 0.816 bits per heavy atom. The van der Waals surface area contributed by atoms with Gasteiger partial charge in [-0.2, -0.15) is 13.2 Å². The summed E-state index contributed by atoms with van der Waals surface area (Å²) in [5, 5.41) is 19.9. The van der Waals surface area contributed by atoms with E-state index in [1.165, 1.54) is 18.5 Å². The van der Waals surface area contributed by atoms with Crippen molar-refractivity contribution in [1.29, 1.82) is 0 Å². The van der Waals surface area contributed by atoms with Gasteiger partial charge in [-0.3, -0.25) is 19.9 Å². The monoisotopic (exact) mass is 1060 g/mol. The van der Waals surface area contributed by atoms with Crippen molar-refractivity contribution in [2.24, 2.45) is 10.8 Å². The molecule has 0 saturated carbocycles. The smallest absolute Gasteiger partial charge is 0.407 e. The van der Waals surface area contributed by atoms with Crippen LogP contribution in [-0.4, -0.2) is 150 Å². The minimum atomic E-state index is -5.06. The van der Waals surface area contributed by atoms with E-state index in [9.17, 15) is 37.5 Å². The van der Waals surface area contributed by atoms with Crippen LogP contribution in [0.4, 0.5) is 37.4 Å². The van der Waals surface area contributed by atoms with Crippen LogP contribution in [0.2, 0.25) is 0 Å². The number of methoxy groups -OCH3 is 2. The molecule has 23 heteroatoms. The molecule has 0 radical (unpaired) electrons. The molecule has 0 spiro atoms. The second-order valence-electron chi connectivity index (χ2n) is 20.5. The van der Waals surface area contributed by atoms with Crippen molar-refractivity contribution in [3.8, 4) is 23.2 Å². The highest BCUT2D eigenvalue weighted by Gasteiger charge is 2.56. The van der Waals surface area contributed by atoms with Crippen molar-refractivity contribution in [2.75, 3.05) is 52.0 Å². The van der Waals surface area contributed by atoms with Gasteiger partial charge in [0.15, 0.2) is 5.82 Å². The fraction of sp³-hybridized carbons (Fsp3) is 0.491. The van der Waals surface area contributed by atoms with Crippen molar-refractivity contribution in [1.82, 2.24) is 46.2 Å². The zero-order chi connectivity index (χ0) is 55.7. The molecule has 0 unspecified atom stereocenters. The number of rotatable bonds is 17. The zero-order valence-corrected chi connectivity index (χ0v) is 43.8. The van der Waals surface area contributed by atoms with Crippen LogP contribution in [0.1, 0.15) is 70.7 Å². The highest BCUT2D eigenvalue weighted by atomic mass is 19.4. The summed E-state index contributed by atoms with van der Waals surface area (Å²) < 4.78 is 90.4. The van der Waals surface area contributed by atoms with Crippen molar-refractivity contribution < 1.29 is 60.4 Å². The molecule has 0 aliphatic carbocycles. The van der Waals surface area contributed by atoms with Crippen LogP contribution in [0.5, 0.6) is 0 Å².